The van der Waals surface area contributed by atoms with E-state index in [1.54, 1.807) is 0 Å². The molecule has 1 saturated heterocycles. The van der Waals surface area contributed by atoms with Crippen molar-refractivity contribution in [2.75, 3.05) is 26.3 Å². The fourth-order valence-corrected chi connectivity index (χ4v) is 2.70. The number of rotatable bonds is 5. The Kier molecular flexibility index (Phi) is 6.07. The van der Waals surface area contributed by atoms with Gasteiger partial charge in [0.2, 0.25) is 0 Å². The molecular formula is C17H26N2O3. The summed E-state index contributed by atoms with van der Waals surface area (Å²) in [6.07, 6.45) is 1.75. The van der Waals surface area contributed by atoms with Gasteiger partial charge in [0.25, 0.3) is 0 Å². The second-order valence-corrected chi connectivity index (χ2v) is 5.79. The molecule has 1 unspecified atom stereocenters. The highest BCUT2D eigenvalue weighted by atomic mass is 16.5. The summed E-state index contributed by atoms with van der Waals surface area (Å²) >= 11 is 0. The van der Waals surface area contributed by atoms with Crippen molar-refractivity contribution in [2.24, 2.45) is 5.92 Å². The molecule has 0 aromatic heterocycles. The minimum atomic E-state index is -0.0428. The number of ether oxygens (including phenoxy) is 1. The Balaban J connectivity index is 1.85. The van der Waals surface area contributed by atoms with Gasteiger partial charge in [0.05, 0.1) is 12.6 Å². The van der Waals surface area contributed by atoms with E-state index >= 15 is 0 Å². The van der Waals surface area contributed by atoms with Crippen LogP contribution in [0.5, 0.6) is 5.75 Å². The number of urea groups is 1. The zero-order valence-corrected chi connectivity index (χ0v) is 13.4. The molecule has 1 aliphatic rings. The first kappa shape index (κ1) is 16.6. The van der Waals surface area contributed by atoms with E-state index in [4.69, 9.17) is 9.84 Å². The Morgan fingerprint density at radius 3 is 2.55 bits per heavy atom. The lowest BCUT2D eigenvalue weighted by Gasteiger charge is -2.32. The summed E-state index contributed by atoms with van der Waals surface area (Å²) in [6.45, 7) is 6.23. The molecule has 1 aliphatic heterocycles. The van der Waals surface area contributed by atoms with Gasteiger partial charge in [-0.1, -0.05) is 12.1 Å². The summed E-state index contributed by atoms with van der Waals surface area (Å²) in [4.78, 5) is 14.1. The van der Waals surface area contributed by atoms with Crippen molar-refractivity contribution in [1.29, 1.82) is 0 Å². The lowest BCUT2D eigenvalue weighted by molar-refractivity contribution is 0.136. The number of benzene rings is 1. The van der Waals surface area contributed by atoms with Crippen LogP contribution in [-0.2, 0) is 0 Å². The number of nitrogens with zero attached hydrogens (tertiary/aromatic N) is 1. The molecule has 0 radical (unpaired) electrons. The highest BCUT2D eigenvalue weighted by molar-refractivity contribution is 5.74. The average Bonchev–Trinajstić information content (AvgIpc) is 2.55. The Morgan fingerprint density at radius 1 is 1.36 bits per heavy atom. The van der Waals surface area contributed by atoms with Gasteiger partial charge in [0.15, 0.2) is 0 Å². The predicted octanol–water partition coefficient (Wildman–Crippen LogP) is 2.56. The first-order valence-electron chi connectivity index (χ1n) is 8.03. The largest absolute Gasteiger partial charge is 0.494 e. The summed E-state index contributed by atoms with van der Waals surface area (Å²) in [6, 6.07) is 7.74. The number of aliphatic hydroxyl groups is 1. The van der Waals surface area contributed by atoms with E-state index in [0.717, 1.165) is 24.2 Å². The number of hydrogen-bond donors (Lipinski definition) is 2. The molecule has 122 valence electrons. The van der Waals surface area contributed by atoms with Gasteiger partial charge in [0, 0.05) is 19.7 Å². The van der Waals surface area contributed by atoms with Crippen molar-refractivity contribution in [3.05, 3.63) is 29.8 Å². The van der Waals surface area contributed by atoms with Crippen molar-refractivity contribution >= 4 is 6.03 Å². The van der Waals surface area contributed by atoms with Crippen LogP contribution in [0.1, 0.15) is 38.3 Å². The average molecular weight is 306 g/mol. The highest BCUT2D eigenvalue weighted by Gasteiger charge is 2.23. The van der Waals surface area contributed by atoms with Gasteiger partial charge in [0.1, 0.15) is 5.75 Å². The molecule has 5 nitrogen and oxygen atoms in total. The summed E-state index contributed by atoms with van der Waals surface area (Å²) < 4.78 is 5.42. The molecule has 2 N–H and O–H groups in total. The smallest absolute Gasteiger partial charge is 0.317 e. The Hall–Kier alpha value is -1.75. The molecule has 5 heteroatoms. The maximum absolute atomic E-state index is 12.3. The third-order valence-electron chi connectivity index (χ3n) is 4.19. The van der Waals surface area contributed by atoms with Crippen LogP contribution in [0, 0.1) is 5.92 Å². The number of amides is 2. The quantitative estimate of drug-likeness (QED) is 0.879. The van der Waals surface area contributed by atoms with E-state index in [2.05, 4.69) is 5.32 Å². The van der Waals surface area contributed by atoms with Gasteiger partial charge < -0.3 is 20.1 Å². The highest BCUT2D eigenvalue weighted by Crippen LogP contribution is 2.20. The zero-order valence-electron chi connectivity index (χ0n) is 13.4. The van der Waals surface area contributed by atoms with Gasteiger partial charge in [-0.15, -0.1) is 0 Å². The standard InChI is InChI=1S/C17H26N2O3/c1-3-22-16-6-4-15(5-7-16)13(2)18-17(21)19-10-8-14(12-20)9-11-19/h4-7,13-14,20H,3,8-12H2,1-2H3,(H,18,21). The molecule has 0 saturated carbocycles. The van der Waals surface area contributed by atoms with Crippen molar-refractivity contribution < 1.29 is 14.6 Å². The molecule has 0 bridgehead atoms. The maximum atomic E-state index is 12.3. The molecule has 1 heterocycles. The van der Waals surface area contributed by atoms with Crippen LogP contribution >= 0.6 is 0 Å². The summed E-state index contributed by atoms with van der Waals surface area (Å²) in [5, 5.41) is 12.2. The topological polar surface area (TPSA) is 61.8 Å². The third kappa shape index (κ3) is 4.37. The van der Waals surface area contributed by atoms with Gasteiger partial charge in [-0.2, -0.15) is 0 Å². The fraction of sp³-hybridized carbons (Fsp3) is 0.588. The number of carbonyl (C=O) groups excluding carboxylic acids is 1. The summed E-state index contributed by atoms with van der Waals surface area (Å²) in [5.74, 6) is 1.18. The number of aliphatic hydroxyl groups excluding tert-OH is 1. The second-order valence-electron chi connectivity index (χ2n) is 5.79. The number of nitrogens with one attached hydrogen (secondary N) is 1. The molecular weight excluding hydrogens is 280 g/mol. The van der Waals surface area contributed by atoms with Crippen molar-refractivity contribution in [3.63, 3.8) is 0 Å². The minimum Gasteiger partial charge on any atom is -0.494 e. The third-order valence-corrected chi connectivity index (χ3v) is 4.19. The second kappa shape index (κ2) is 8.03. The van der Waals surface area contributed by atoms with Crippen molar-refractivity contribution in [3.8, 4) is 5.75 Å². The Morgan fingerprint density at radius 2 is 2.00 bits per heavy atom. The van der Waals surface area contributed by atoms with Crippen LogP contribution in [0.2, 0.25) is 0 Å². The SMILES string of the molecule is CCOc1ccc(C(C)NC(=O)N2CCC(CO)CC2)cc1. The van der Waals surface area contributed by atoms with E-state index in [9.17, 15) is 4.79 Å². The van der Waals surface area contributed by atoms with Gasteiger partial charge >= 0.3 is 6.03 Å². The Labute approximate surface area is 132 Å². The molecule has 1 atom stereocenters. The summed E-state index contributed by atoms with van der Waals surface area (Å²) in [5.41, 5.74) is 1.06. The van der Waals surface area contributed by atoms with E-state index in [1.165, 1.54) is 0 Å². The zero-order chi connectivity index (χ0) is 15.9. The molecule has 2 rings (SSSR count). The van der Waals surface area contributed by atoms with Crippen LogP contribution in [-0.4, -0.2) is 42.3 Å². The number of hydrogen-bond acceptors (Lipinski definition) is 3. The Bertz CT molecular complexity index is 467. The minimum absolute atomic E-state index is 0.0298. The number of carbonyl (C=O) groups is 1. The number of piperidine rings is 1. The molecule has 0 spiro atoms. The molecule has 1 aromatic carbocycles. The maximum Gasteiger partial charge on any atom is 0.317 e. The van der Waals surface area contributed by atoms with Crippen LogP contribution in [0.25, 0.3) is 0 Å². The van der Waals surface area contributed by atoms with E-state index in [1.807, 2.05) is 43.0 Å². The molecule has 22 heavy (non-hydrogen) atoms. The van der Waals surface area contributed by atoms with Crippen LogP contribution in [0.3, 0.4) is 0 Å². The molecule has 2 amide bonds. The van der Waals surface area contributed by atoms with Crippen LogP contribution < -0.4 is 10.1 Å². The van der Waals surface area contributed by atoms with Crippen LogP contribution in [0.4, 0.5) is 4.79 Å². The van der Waals surface area contributed by atoms with Crippen molar-refractivity contribution in [1.82, 2.24) is 10.2 Å². The monoisotopic (exact) mass is 306 g/mol. The van der Waals surface area contributed by atoms with Crippen molar-refractivity contribution in [2.45, 2.75) is 32.7 Å². The molecule has 1 fully saturated rings. The van der Waals surface area contributed by atoms with E-state index in [-0.39, 0.29) is 18.7 Å². The predicted molar refractivity (Wildman–Crippen MR) is 85.9 cm³/mol. The lowest BCUT2D eigenvalue weighted by Crippen LogP contribution is -2.45. The first-order chi connectivity index (χ1) is 10.6. The van der Waals surface area contributed by atoms with Gasteiger partial charge in [-0.3, -0.25) is 0 Å². The van der Waals surface area contributed by atoms with Crippen LogP contribution in [0.15, 0.2) is 24.3 Å². The summed E-state index contributed by atoms with van der Waals surface area (Å²) in [7, 11) is 0. The molecule has 0 aliphatic carbocycles. The normalized spacial score (nSPS) is 17.1. The van der Waals surface area contributed by atoms with Gasteiger partial charge in [-0.25, -0.2) is 4.79 Å². The fourth-order valence-electron chi connectivity index (χ4n) is 2.70. The first-order valence-corrected chi connectivity index (χ1v) is 8.03. The molecule has 1 aromatic rings. The van der Waals surface area contributed by atoms with E-state index in [0.29, 0.717) is 25.6 Å². The van der Waals surface area contributed by atoms with E-state index < -0.39 is 0 Å². The van der Waals surface area contributed by atoms with Gasteiger partial charge in [-0.05, 0) is 50.3 Å². The lowest BCUT2D eigenvalue weighted by atomic mass is 9.98. The number of likely N-dealkylation sites (tertiary alicyclic amines) is 1.